The van der Waals surface area contributed by atoms with Crippen molar-refractivity contribution >= 4 is 17.5 Å². The first-order valence-electron chi connectivity index (χ1n) is 7.50. The highest BCUT2D eigenvalue weighted by molar-refractivity contribution is 5.99. The second-order valence-electron chi connectivity index (χ2n) is 5.58. The van der Waals surface area contributed by atoms with Crippen LogP contribution in [0.2, 0.25) is 0 Å². The first kappa shape index (κ1) is 18.5. The first-order valence-corrected chi connectivity index (χ1v) is 7.50. The zero-order valence-corrected chi connectivity index (χ0v) is 13.7. The number of benzene rings is 2. The van der Waals surface area contributed by atoms with Crippen LogP contribution in [0.25, 0.3) is 0 Å². The molecule has 2 N–H and O–H groups in total. The van der Waals surface area contributed by atoms with E-state index in [-0.39, 0.29) is 12.1 Å². The van der Waals surface area contributed by atoms with Crippen molar-refractivity contribution in [2.24, 2.45) is 0 Å². The molecule has 2 aromatic carbocycles. The van der Waals surface area contributed by atoms with Crippen molar-refractivity contribution in [1.29, 1.82) is 0 Å². The van der Waals surface area contributed by atoms with Crippen molar-refractivity contribution in [3.8, 4) is 0 Å². The zero-order chi connectivity index (χ0) is 18.6. The maximum atomic E-state index is 12.7. The first-order chi connectivity index (χ1) is 11.7. The highest BCUT2D eigenvalue weighted by Gasteiger charge is 2.30. The van der Waals surface area contributed by atoms with Gasteiger partial charge in [-0.15, -0.1) is 0 Å². The smallest absolute Gasteiger partial charge is 0.343 e. The lowest BCUT2D eigenvalue weighted by molar-refractivity contribution is -0.137. The lowest BCUT2D eigenvalue weighted by Crippen LogP contribution is -2.33. The highest BCUT2D eigenvalue weighted by Crippen LogP contribution is 2.29. The van der Waals surface area contributed by atoms with Gasteiger partial charge in [0.2, 0.25) is 5.91 Å². The average molecular weight is 350 g/mol. The van der Waals surface area contributed by atoms with Gasteiger partial charge in [0.25, 0.3) is 5.91 Å². The van der Waals surface area contributed by atoms with Crippen LogP contribution in [0.1, 0.15) is 27.0 Å². The van der Waals surface area contributed by atoms with Gasteiger partial charge in [-0.1, -0.05) is 24.3 Å². The molecule has 132 valence electrons. The number of halogens is 3. The van der Waals surface area contributed by atoms with E-state index in [1.807, 2.05) is 32.0 Å². The van der Waals surface area contributed by atoms with E-state index >= 15 is 0 Å². The molecule has 0 bridgehead atoms. The van der Waals surface area contributed by atoms with Gasteiger partial charge in [0.1, 0.15) is 0 Å². The summed E-state index contributed by atoms with van der Waals surface area (Å²) in [4.78, 5) is 23.9. The monoisotopic (exact) mass is 350 g/mol. The number of carbonyl (C=O) groups is 2. The number of anilines is 1. The fraction of sp³-hybridized carbons (Fsp3) is 0.222. The topological polar surface area (TPSA) is 58.2 Å². The van der Waals surface area contributed by atoms with Gasteiger partial charge in [-0.3, -0.25) is 9.59 Å². The summed E-state index contributed by atoms with van der Waals surface area (Å²) in [5, 5.41) is 5.01. The molecule has 0 aliphatic heterocycles. The standard InChI is InChI=1S/C18H17F3N2O2/c1-11-5-3-6-12(2)16(11)23-15(24)10-22-17(25)13-7-4-8-14(9-13)18(19,20)21/h3-9H,10H2,1-2H3,(H,22,25)(H,23,24). The molecule has 4 nitrogen and oxygen atoms in total. The molecule has 2 aromatic rings. The van der Waals surface area contributed by atoms with Crippen molar-refractivity contribution in [1.82, 2.24) is 5.32 Å². The number of rotatable bonds is 4. The number of hydrogen-bond acceptors (Lipinski definition) is 2. The van der Waals surface area contributed by atoms with Crippen LogP contribution in [0.4, 0.5) is 18.9 Å². The molecule has 0 saturated heterocycles. The van der Waals surface area contributed by atoms with Crippen LogP contribution in [0.15, 0.2) is 42.5 Å². The van der Waals surface area contributed by atoms with E-state index in [1.54, 1.807) is 0 Å². The van der Waals surface area contributed by atoms with E-state index < -0.39 is 23.6 Å². The third-order valence-electron chi connectivity index (χ3n) is 3.61. The Balaban J connectivity index is 1.99. The van der Waals surface area contributed by atoms with E-state index in [9.17, 15) is 22.8 Å². The molecule has 0 radical (unpaired) electrons. The Labute approximate surface area is 143 Å². The molecule has 0 saturated carbocycles. The third kappa shape index (κ3) is 4.82. The predicted molar refractivity (Wildman–Crippen MR) is 88.3 cm³/mol. The Morgan fingerprint density at radius 1 is 1.00 bits per heavy atom. The second-order valence-corrected chi connectivity index (χ2v) is 5.58. The summed E-state index contributed by atoms with van der Waals surface area (Å²) in [7, 11) is 0. The van der Waals surface area contributed by atoms with Gasteiger partial charge in [-0.05, 0) is 43.2 Å². The molecule has 25 heavy (non-hydrogen) atoms. The third-order valence-corrected chi connectivity index (χ3v) is 3.61. The number of para-hydroxylation sites is 1. The highest BCUT2D eigenvalue weighted by atomic mass is 19.4. The minimum absolute atomic E-state index is 0.158. The van der Waals surface area contributed by atoms with E-state index in [0.717, 1.165) is 29.3 Å². The van der Waals surface area contributed by atoms with Crippen molar-refractivity contribution in [3.63, 3.8) is 0 Å². The Morgan fingerprint density at radius 2 is 1.60 bits per heavy atom. The fourth-order valence-electron chi connectivity index (χ4n) is 2.29. The number of hydrogen-bond donors (Lipinski definition) is 2. The number of alkyl halides is 3. The molecule has 0 fully saturated rings. The minimum Gasteiger partial charge on any atom is -0.343 e. The van der Waals surface area contributed by atoms with Gasteiger partial charge >= 0.3 is 6.18 Å². The van der Waals surface area contributed by atoms with E-state index in [1.165, 1.54) is 6.07 Å². The summed E-state index contributed by atoms with van der Waals surface area (Å²) in [5.74, 6) is -1.21. The van der Waals surface area contributed by atoms with Crippen molar-refractivity contribution in [2.45, 2.75) is 20.0 Å². The van der Waals surface area contributed by atoms with Crippen molar-refractivity contribution < 1.29 is 22.8 Å². The molecule has 0 spiro atoms. The molecule has 2 rings (SSSR count). The predicted octanol–water partition coefficient (Wildman–Crippen LogP) is 3.69. The molecule has 0 unspecified atom stereocenters. The number of amides is 2. The van der Waals surface area contributed by atoms with Crippen LogP contribution in [0.5, 0.6) is 0 Å². The molecular formula is C18H17F3N2O2. The summed E-state index contributed by atoms with van der Waals surface area (Å²) in [5.41, 5.74) is 1.32. The number of aryl methyl sites for hydroxylation is 2. The summed E-state index contributed by atoms with van der Waals surface area (Å²) in [6.07, 6.45) is -4.53. The Hall–Kier alpha value is -2.83. The number of carbonyl (C=O) groups excluding carboxylic acids is 2. The van der Waals surface area contributed by atoms with E-state index in [2.05, 4.69) is 10.6 Å². The lowest BCUT2D eigenvalue weighted by atomic mass is 10.1. The lowest BCUT2D eigenvalue weighted by Gasteiger charge is -2.12. The average Bonchev–Trinajstić information content (AvgIpc) is 2.55. The summed E-state index contributed by atoms with van der Waals surface area (Å²) >= 11 is 0. The maximum absolute atomic E-state index is 12.7. The molecule has 2 amide bonds. The van der Waals surface area contributed by atoms with Crippen LogP contribution >= 0.6 is 0 Å². The van der Waals surface area contributed by atoms with Gasteiger partial charge in [-0.2, -0.15) is 13.2 Å². The molecule has 0 aliphatic rings. The van der Waals surface area contributed by atoms with Gasteiger partial charge in [-0.25, -0.2) is 0 Å². The molecule has 0 heterocycles. The van der Waals surface area contributed by atoms with Gasteiger partial charge in [0.15, 0.2) is 0 Å². The van der Waals surface area contributed by atoms with Gasteiger partial charge in [0.05, 0.1) is 12.1 Å². The summed E-state index contributed by atoms with van der Waals surface area (Å²) in [6.45, 7) is 3.33. The molecule has 0 aliphatic carbocycles. The van der Waals surface area contributed by atoms with Gasteiger partial charge < -0.3 is 10.6 Å². The quantitative estimate of drug-likeness (QED) is 0.884. The van der Waals surface area contributed by atoms with Crippen LogP contribution in [0, 0.1) is 13.8 Å². The van der Waals surface area contributed by atoms with E-state index in [4.69, 9.17) is 0 Å². The molecule has 0 atom stereocenters. The molecule has 7 heteroatoms. The van der Waals surface area contributed by atoms with Crippen LogP contribution < -0.4 is 10.6 Å². The van der Waals surface area contributed by atoms with E-state index in [0.29, 0.717) is 5.69 Å². The maximum Gasteiger partial charge on any atom is 0.416 e. The van der Waals surface area contributed by atoms with Gasteiger partial charge in [0, 0.05) is 11.3 Å². The SMILES string of the molecule is Cc1cccc(C)c1NC(=O)CNC(=O)c1cccc(C(F)(F)F)c1. The molecular weight excluding hydrogens is 333 g/mol. The van der Waals surface area contributed by atoms with Crippen molar-refractivity contribution in [3.05, 3.63) is 64.7 Å². The fourth-order valence-corrected chi connectivity index (χ4v) is 2.29. The minimum atomic E-state index is -4.53. The van der Waals surface area contributed by atoms with Crippen LogP contribution in [-0.2, 0) is 11.0 Å². The zero-order valence-electron chi connectivity index (χ0n) is 13.7. The Bertz CT molecular complexity index is 781. The summed E-state index contributed by atoms with van der Waals surface area (Å²) < 4.78 is 38.0. The molecule has 0 aromatic heterocycles. The van der Waals surface area contributed by atoms with Crippen LogP contribution in [-0.4, -0.2) is 18.4 Å². The Morgan fingerprint density at radius 3 is 2.20 bits per heavy atom. The second kappa shape index (κ2) is 7.38. The number of nitrogens with one attached hydrogen (secondary N) is 2. The Kier molecular flexibility index (Phi) is 5.46. The van der Waals surface area contributed by atoms with Crippen LogP contribution in [0.3, 0.4) is 0 Å². The van der Waals surface area contributed by atoms with Crippen molar-refractivity contribution in [2.75, 3.05) is 11.9 Å². The largest absolute Gasteiger partial charge is 0.416 e. The summed E-state index contributed by atoms with van der Waals surface area (Å²) in [6, 6.07) is 9.56. The normalized spacial score (nSPS) is 11.1.